The molecule has 0 saturated heterocycles. The highest BCUT2D eigenvalue weighted by Gasteiger charge is 2.30. The molecule has 170 valence electrons. The van der Waals surface area contributed by atoms with E-state index in [9.17, 15) is 26.4 Å². The summed E-state index contributed by atoms with van der Waals surface area (Å²) < 4.78 is 65.2. The molecule has 2 aromatic carbocycles. The van der Waals surface area contributed by atoms with Gasteiger partial charge in [-0.15, -0.1) is 0 Å². The highest BCUT2D eigenvalue weighted by Crippen LogP contribution is 2.30. The molecule has 0 spiro atoms. The van der Waals surface area contributed by atoms with Crippen molar-refractivity contribution in [3.63, 3.8) is 0 Å². The van der Waals surface area contributed by atoms with E-state index in [1.165, 1.54) is 28.6 Å². The Balaban J connectivity index is 2.02. The monoisotopic (exact) mass is 457 g/mol. The maximum absolute atomic E-state index is 12.9. The van der Waals surface area contributed by atoms with Crippen LogP contribution in [0.2, 0.25) is 0 Å². The Labute approximate surface area is 180 Å². The van der Waals surface area contributed by atoms with Crippen LogP contribution in [0.5, 0.6) is 0 Å². The van der Waals surface area contributed by atoms with Crippen molar-refractivity contribution in [1.82, 2.24) is 9.62 Å². The number of carbonyl (C=O) groups excluding carboxylic acids is 1. The molecule has 0 bridgehead atoms. The topological polar surface area (TPSA) is 78.5 Å². The quantitative estimate of drug-likeness (QED) is 0.596. The van der Waals surface area contributed by atoms with Gasteiger partial charge in [0.05, 0.1) is 17.0 Å². The molecule has 0 aliphatic carbocycles. The third kappa shape index (κ3) is 6.52. The Bertz CT molecular complexity index is 1010. The van der Waals surface area contributed by atoms with Crippen LogP contribution in [-0.4, -0.2) is 38.3 Å². The van der Waals surface area contributed by atoms with Crippen LogP contribution < -0.4 is 10.6 Å². The van der Waals surface area contributed by atoms with E-state index in [0.717, 1.165) is 12.1 Å². The van der Waals surface area contributed by atoms with E-state index in [2.05, 4.69) is 10.6 Å². The minimum Gasteiger partial charge on any atom is -0.325 e. The van der Waals surface area contributed by atoms with Crippen molar-refractivity contribution in [2.45, 2.75) is 37.9 Å². The molecule has 0 aliphatic heterocycles. The number of hydrogen-bond donors (Lipinski definition) is 2. The average Bonchev–Trinajstić information content (AvgIpc) is 2.72. The van der Waals surface area contributed by atoms with Crippen LogP contribution in [-0.2, 0) is 21.0 Å². The second kappa shape index (κ2) is 10.3. The minimum atomic E-state index is -4.44. The standard InChI is InChI=1S/C21H26F3N3O3S/c1-4-27(5-2)31(29,30)19-11-7-10-18(13-19)26-20(28)14-25-15(3)16-8-6-9-17(12-16)21(22,23)24/h6-13,15,25H,4-5,14H2,1-3H3,(H,26,28). The number of carbonyl (C=O) groups is 1. The number of nitrogens with zero attached hydrogens (tertiary/aromatic N) is 1. The molecule has 2 rings (SSSR count). The predicted octanol–water partition coefficient (Wildman–Crippen LogP) is 4.03. The molecule has 1 atom stereocenters. The van der Waals surface area contributed by atoms with E-state index in [4.69, 9.17) is 0 Å². The lowest BCUT2D eigenvalue weighted by atomic mass is 10.0. The first-order chi connectivity index (χ1) is 14.5. The molecule has 10 heteroatoms. The van der Waals surface area contributed by atoms with Crippen LogP contribution in [0.25, 0.3) is 0 Å². The van der Waals surface area contributed by atoms with Crippen LogP contribution in [0.1, 0.15) is 37.9 Å². The van der Waals surface area contributed by atoms with Gasteiger partial charge in [-0.25, -0.2) is 8.42 Å². The summed E-state index contributed by atoms with van der Waals surface area (Å²) in [6.07, 6.45) is -4.44. The lowest BCUT2D eigenvalue weighted by Gasteiger charge is -2.19. The maximum atomic E-state index is 12.9. The second-order valence-corrected chi connectivity index (χ2v) is 8.83. The summed E-state index contributed by atoms with van der Waals surface area (Å²) >= 11 is 0. The van der Waals surface area contributed by atoms with Crippen molar-refractivity contribution in [3.8, 4) is 0 Å². The Kier molecular flexibility index (Phi) is 8.21. The van der Waals surface area contributed by atoms with E-state index in [1.54, 1.807) is 32.9 Å². The molecule has 0 heterocycles. The van der Waals surface area contributed by atoms with Gasteiger partial charge in [-0.2, -0.15) is 17.5 Å². The van der Waals surface area contributed by atoms with Crippen LogP contribution in [0, 0.1) is 0 Å². The molecule has 6 nitrogen and oxygen atoms in total. The molecular weight excluding hydrogens is 431 g/mol. The van der Waals surface area contributed by atoms with Gasteiger partial charge in [-0.05, 0) is 42.8 Å². The number of halogens is 3. The molecule has 0 radical (unpaired) electrons. The van der Waals surface area contributed by atoms with Crippen molar-refractivity contribution in [2.75, 3.05) is 25.0 Å². The predicted molar refractivity (Wildman–Crippen MR) is 113 cm³/mol. The fourth-order valence-corrected chi connectivity index (χ4v) is 4.50. The zero-order chi connectivity index (χ0) is 23.2. The van der Waals surface area contributed by atoms with Gasteiger partial charge in [0.1, 0.15) is 0 Å². The van der Waals surface area contributed by atoms with Crippen LogP contribution in [0.4, 0.5) is 18.9 Å². The van der Waals surface area contributed by atoms with Crippen molar-refractivity contribution in [3.05, 3.63) is 59.7 Å². The van der Waals surface area contributed by atoms with Gasteiger partial charge in [-0.1, -0.05) is 32.0 Å². The van der Waals surface area contributed by atoms with Gasteiger partial charge in [-0.3, -0.25) is 4.79 Å². The smallest absolute Gasteiger partial charge is 0.325 e. The molecule has 0 saturated carbocycles. The number of sulfonamides is 1. The Morgan fingerprint density at radius 3 is 2.32 bits per heavy atom. The van der Waals surface area contributed by atoms with Gasteiger partial charge >= 0.3 is 6.18 Å². The highest BCUT2D eigenvalue weighted by molar-refractivity contribution is 7.89. The second-order valence-electron chi connectivity index (χ2n) is 6.89. The van der Waals surface area contributed by atoms with Crippen LogP contribution in [0.15, 0.2) is 53.4 Å². The van der Waals surface area contributed by atoms with Crippen molar-refractivity contribution in [1.29, 1.82) is 0 Å². The Morgan fingerprint density at radius 2 is 1.71 bits per heavy atom. The number of alkyl halides is 3. The summed E-state index contributed by atoms with van der Waals surface area (Å²) in [6, 6.07) is 10.3. The van der Waals surface area contributed by atoms with Gasteiger partial charge in [0.15, 0.2) is 0 Å². The molecule has 0 aromatic heterocycles. The number of benzene rings is 2. The van der Waals surface area contributed by atoms with Gasteiger partial charge < -0.3 is 10.6 Å². The third-order valence-corrected chi connectivity index (χ3v) is 6.79. The molecule has 0 aliphatic rings. The fourth-order valence-electron chi connectivity index (χ4n) is 3.00. The summed E-state index contributed by atoms with van der Waals surface area (Å²) in [7, 11) is -3.66. The number of nitrogens with one attached hydrogen (secondary N) is 2. The largest absolute Gasteiger partial charge is 0.416 e. The van der Waals surface area contributed by atoms with E-state index < -0.39 is 33.7 Å². The molecule has 31 heavy (non-hydrogen) atoms. The summed E-state index contributed by atoms with van der Waals surface area (Å²) in [5.74, 6) is -0.448. The molecular formula is C21H26F3N3O3S. The van der Waals surface area contributed by atoms with Gasteiger partial charge in [0.2, 0.25) is 15.9 Å². The Morgan fingerprint density at radius 1 is 1.06 bits per heavy atom. The molecule has 0 fully saturated rings. The molecule has 2 aromatic rings. The number of anilines is 1. The highest BCUT2D eigenvalue weighted by atomic mass is 32.2. The molecule has 2 N–H and O–H groups in total. The summed E-state index contributed by atoms with van der Waals surface area (Å²) in [4.78, 5) is 12.3. The first-order valence-electron chi connectivity index (χ1n) is 9.79. The van der Waals surface area contributed by atoms with Crippen molar-refractivity contribution >= 4 is 21.6 Å². The Hall–Kier alpha value is -2.43. The van der Waals surface area contributed by atoms with Gasteiger partial charge in [0, 0.05) is 24.8 Å². The van der Waals surface area contributed by atoms with Gasteiger partial charge in [0.25, 0.3) is 0 Å². The van der Waals surface area contributed by atoms with Crippen molar-refractivity contribution in [2.24, 2.45) is 0 Å². The minimum absolute atomic E-state index is 0.0688. The average molecular weight is 458 g/mol. The number of hydrogen-bond acceptors (Lipinski definition) is 4. The lowest BCUT2D eigenvalue weighted by Crippen LogP contribution is -2.31. The third-order valence-electron chi connectivity index (χ3n) is 4.74. The fraction of sp³-hybridized carbons (Fsp3) is 0.381. The van der Waals surface area contributed by atoms with Crippen LogP contribution >= 0.6 is 0 Å². The summed E-state index contributed by atoms with van der Waals surface area (Å²) in [5.41, 5.74) is -0.0454. The zero-order valence-electron chi connectivity index (χ0n) is 17.5. The molecule has 1 amide bonds. The normalized spacial score (nSPS) is 13.3. The summed E-state index contributed by atoms with van der Waals surface area (Å²) in [6.45, 7) is 5.62. The zero-order valence-corrected chi connectivity index (χ0v) is 18.3. The number of rotatable bonds is 9. The van der Waals surface area contributed by atoms with E-state index >= 15 is 0 Å². The SMILES string of the molecule is CCN(CC)S(=O)(=O)c1cccc(NC(=O)CNC(C)c2cccc(C(F)(F)F)c2)c1. The first kappa shape index (κ1) is 24.8. The van der Waals surface area contributed by atoms with E-state index in [0.29, 0.717) is 24.3 Å². The van der Waals surface area contributed by atoms with E-state index in [1.807, 2.05) is 0 Å². The maximum Gasteiger partial charge on any atom is 0.416 e. The number of amides is 1. The van der Waals surface area contributed by atoms with E-state index in [-0.39, 0.29) is 11.4 Å². The molecule has 1 unspecified atom stereocenters. The summed E-state index contributed by atoms with van der Waals surface area (Å²) in [5, 5.41) is 5.48. The van der Waals surface area contributed by atoms with Crippen molar-refractivity contribution < 1.29 is 26.4 Å². The first-order valence-corrected chi connectivity index (χ1v) is 11.2. The van der Waals surface area contributed by atoms with Crippen LogP contribution in [0.3, 0.4) is 0 Å². The lowest BCUT2D eigenvalue weighted by molar-refractivity contribution is -0.137.